The SMILES string of the molecule is COCCN1C(=O)S/C(=C\c2cc(Br)c(OCc3ccccc3Cl)c(OC)c2)C1=O. The minimum Gasteiger partial charge on any atom is -0.493 e. The van der Waals surface area contributed by atoms with Crippen molar-refractivity contribution in [1.82, 2.24) is 4.90 Å². The van der Waals surface area contributed by atoms with Crippen molar-refractivity contribution in [3.8, 4) is 11.5 Å². The number of amides is 2. The molecule has 6 nitrogen and oxygen atoms in total. The number of ether oxygens (including phenoxy) is 3. The molecule has 0 unspecified atom stereocenters. The van der Waals surface area contributed by atoms with Crippen LogP contribution in [0.25, 0.3) is 6.08 Å². The van der Waals surface area contributed by atoms with Crippen LogP contribution in [-0.4, -0.2) is 43.4 Å². The van der Waals surface area contributed by atoms with Gasteiger partial charge in [0.2, 0.25) is 0 Å². The molecule has 0 atom stereocenters. The zero-order chi connectivity index (χ0) is 21.7. The predicted molar refractivity (Wildman–Crippen MR) is 121 cm³/mol. The van der Waals surface area contributed by atoms with Crippen molar-refractivity contribution in [1.29, 1.82) is 0 Å². The smallest absolute Gasteiger partial charge is 0.293 e. The number of hydrogen-bond acceptors (Lipinski definition) is 6. The zero-order valence-corrected chi connectivity index (χ0v) is 19.5. The summed E-state index contributed by atoms with van der Waals surface area (Å²) < 4.78 is 17.0. The molecule has 0 bridgehead atoms. The first-order valence-electron chi connectivity index (χ1n) is 8.92. The van der Waals surface area contributed by atoms with Crippen LogP contribution in [0.15, 0.2) is 45.8 Å². The highest BCUT2D eigenvalue weighted by molar-refractivity contribution is 9.10. The van der Waals surface area contributed by atoms with Crippen LogP contribution in [0.4, 0.5) is 4.79 Å². The summed E-state index contributed by atoms with van der Waals surface area (Å²) in [6.45, 7) is 0.787. The fourth-order valence-electron chi connectivity index (χ4n) is 2.76. The van der Waals surface area contributed by atoms with Gasteiger partial charge in [-0.25, -0.2) is 0 Å². The van der Waals surface area contributed by atoms with Gasteiger partial charge in [0.15, 0.2) is 11.5 Å². The van der Waals surface area contributed by atoms with Crippen molar-refractivity contribution in [2.24, 2.45) is 0 Å². The lowest BCUT2D eigenvalue weighted by molar-refractivity contribution is -0.123. The van der Waals surface area contributed by atoms with Crippen molar-refractivity contribution in [3.63, 3.8) is 0 Å². The Labute approximate surface area is 192 Å². The van der Waals surface area contributed by atoms with E-state index in [0.717, 1.165) is 17.3 Å². The Morgan fingerprint density at radius 1 is 1.20 bits per heavy atom. The summed E-state index contributed by atoms with van der Waals surface area (Å²) in [6, 6.07) is 11.0. The van der Waals surface area contributed by atoms with E-state index in [2.05, 4.69) is 15.9 Å². The lowest BCUT2D eigenvalue weighted by atomic mass is 10.1. The van der Waals surface area contributed by atoms with Crippen molar-refractivity contribution in [2.75, 3.05) is 27.4 Å². The Kier molecular flexibility index (Phi) is 7.82. The molecule has 3 rings (SSSR count). The molecule has 0 radical (unpaired) electrons. The average molecular weight is 513 g/mol. The minimum atomic E-state index is -0.337. The molecular formula is C21H19BrClNO5S. The topological polar surface area (TPSA) is 65.1 Å². The highest BCUT2D eigenvalue weighted by Crippen LogP contribution is 2.39. The maximum absolute atomic E-state index is 12.5. The van der Waals surface area contributed by atoms with Gasteiger partial charge in [-0.1, -0.05) is 29.8 Å². The number of halogens is 2. The van der Waals surface area contributed by atoms with Crippen molar-refractivity contribution >= 4 is 56.5 Å². The number of carbonyl (C=O) groups is 2. The van der Waals surface area contributed by atoms with Crippen LogP contribution < -0.4 is 9.47 Å². The van der Waals surface area contributed by atoms with Gasteiger partial charge >= 0.3 is 0 Å². The van der Waals surface area contributed by atoms with Gasteiger partial charge in [0.25, 0.3) is 11.1 Å². The second-order valence-corrected chi connectivity index (χ2v) is 8.50. The largest absolute Gasteiger partial charge is 0.493 e. The molecule has 158 valence electrons. The summed E-state index contributed by atoms with van der Waals surface area (Å²) in [5.74, 6) is 0.667. The second kappa shape index (κ2) is 10.3. The maximum Gasteiger partial charge on any atom is 0.293 e. The van der Waals surface area contributed by atoms with Crippen molar-refractivity contribution in [3.05, 3.63) is 61.9 Å². The third kappa shape index (κ3) is 5.18. The molecule has 1 aliphatic heterocycles. The van der Waals surface area contributed by atoms with Crippen LogP contribution in [-0.2, 0) is 16.1 Å². The molecule has 0 N–H and O–H groups in total. The van der Waals surface area contributed by atoms with Gasteiger partial charge in [-0.05, 0) is 57.5 Å². The van der Waals surface area contributed by atoms with Crippen LogP contribution >= 0.6 is 39.3 Å². The van der Waals surface area contributed by atoms with Crippen LogP contribution in [0, 0.1) is 0 Å². The molecule has 0 spiro atoms. The average Bonchev–Trinajstić information content (AvgIpc) is 2.99. The van der Waals surface area contributed by atoms with Gasteiger partial charge < -0.3 is 14.2 Å². The Morgan fingerprint density at radius 3 is 2.67 bits per heavy atom. The van der Waals surface area contributed by atoms with Crippen molar-refractivity contribution < 1.29 is 23.8 Å². The first-order valence-corrected chi connectivity index (χ1v) is 10.9. The van der Waals surface area contributed by atoms with E-state index in [1.54, 1.807) is 24.3 Å². The number of benzene rings is 2. The predicted octanol–water partition coefficient (Wildman–Crippen LogP) is 5.37. The van der Waals surface area contributed by atoms with E-state index in [1.807, 2.05) is 18.2 Å². The number of carbonyl (C=O) groups excluding carboxylic acids is 2. The minimum absolute atomic E-state index is 0.223. The number of thioether (sulfide) groups is 1. The summed E-state index contributed by atoms with van der Waals surface area (Å²) >= 11 is 10.6. The van der Waals surface area contributed by atoms with E-state index < -0.39 is 0 Å². The summed E-state index contributed by atoms with van der Waals surface area (Å²) in [4.78, 5) is 26.1. The monoisotopic (exact) mass is 511 g/mol. The fraction of sp³-hybridized carbons (Fsp3) is 0.238. The van der Waals surface area contributed by atoms with E-state index >= 15 is 0 Å². The van der Waals surface area contributed by atoms with Crippen LogP contribution in [0.5, 0.6) is 11.5 Å². The van der Waals surface area contributed by atoms with Crippen molar-refractivity contribution in [2.45, 2.75) is 6.61 Å². The summed E-state index contributed by atoms with van der Waals surface area (Å²) in [7, 11) is 3.06. The van der Waals surface area contributed by atoms with Gasteiger partial charge in [0, 0.05) is 17.7 Å². The van der Waals surface area contributed by atoms with Gasteiger partial charge in [-0.3, -0.25) is 14.5 Å². The molecule has 30 heavy (non-hydrogen) atoms. The van der Waals surface area contributed by atoms with E-state index in [4.69, 9.17) is 25.8 Å². The van der Waals surface area contributed by atoms with Crippen LogP contribution in [0.1, 0.15) is 11.1 Å². The summed E-state index contributed by atoms with van der Waals surface area (Å²) in [5, 5.41) is 0.308. The first-order chi connectivity index (χ1) is 14.4. The van der Waals surface area contributed by atoms with Gasteiger partial charge in [-0.15, -0.1) is 0 Å². The molecule has 1 heterocycles. The molecule has 2 aromatic rings. The summed E-state index contributed by atoms with van der Waals surface area (Å²) in [6.07, 6.45) is 1.66. The number of imide groups is 1. The van der Waals surface area contributed by atoms with E-state index in [-0.39, 0.29) is 24.3 Å². The zero-order valence-electron chi connectivity index (χ0n) is 16.3. The van der Waals surface area contributed by atoms with Gasteiger partial charge in [0.05, 0.1) is 29.6 Å². The molecule has 0 saturated carbocycles. The van der Waals surface area contributed by atoms with Crippen LogP contribution in [0.2, 0.25) is 5.02 Å². The molecule has 2 aromatic carbocycles. The second-order valence-electron chi connectivity index (χ2n) is 6.24. The van der Waals surface area contributed by atoms with Gasteiger partial charge in [0.1, 0.15) is 6.61 Å². The highest BCUT2D eigenvalue weighted by Gasteiger charge is 2.34. The Bertz CT molecular complexity index is 997. The quantitative estimate of drug-likeness (QED) is 0.443. The third-order valence-corrected chi connectivity index (χ3v) is 6.14. The normalized spacial score (nSPS) is 15.2. The van der Waals surface area contributed by atoms with E-state index in [0.29, 0.717) is 38.1 Å². The Balaban J connectivity index is 1.82. The molecular weight excluding hydrogens is 494 g/mol. The molecule has 9 heteroatoms. The van der Waals surface area contributed by atoms with Gasteiger partial charge in [-0.2, -0.15) is 0 Å². The lowest BCUT2D eigenvalue weighted by Crippen LogP contribution is -2.31. The van der Waals surface area contributed by atoms with E-state index in [1.165, 1.54) is 19.1 Å². The van der Waals surface area contributed by atoms with E-state index in [9.17, 15) is 9.59 Å². The summed E-state index contributed by atoms with van der Waals surface area (Å²) in [5.41, 5.74) is 1.54. The highest BCUT2D eigenvalue weighted by atomic mass is 79.9. The van der Waals surface area contributed by atoms with Crippen LogP contribution in [0.3, 0.4) is 0 Å². The lowest BCUT2D eigenvalue weighted by Gasteiger charge is -2.14. The number of rotatable bonds is 8. The first kappa shape index (κ1) is 22.7. The molecule has 0 aliphatic carbocycles. The molecule has 1 fully saturated rings. The fourth-order valence-corrected chi connectivity index (χ4v) is 4.38. The molecule has 0 aromatic heterocycles. The molecule has 2 amide bonds. The number of methoxy groups -OCH3 is 2. The Hall–Kier alpha value is -2.00. The standard InChI is InChI=1S/C21H19BrClNO5S/c1-27-8-7-24-20(25)18(30-21(24)26)11-13-9-15(22)19(17(10-13)28-2)29-12-14-5-3-4-6-16(14)23/h3-6,9-11H,7-8,12H2,1-2H3/b18-11-. The molecule has 1 saturated heterocycles. The third-order valence-electron chi connectivity index (χ3n) is 4.27. The Morgan fingerprint density at radius 2 is 1.97 bits per heavy atom. The number of nitrogens with zero attached hydrogens (tertiary/aromatic N) is 1. The number of hydrogen-bond donors (Lipinski definition) is 0. The maximum atomic E-state index is 12.5. The molecule has 1 aliphatic rings.